The smallest absolute Gasteiger partial charge is 0.237 e. The molecule has 0 aromatic carbocycles. The summed E-state index contributed by atoms with van der Waals surface area (Å²) in [5.74, 6) is 0.111. The van der Waals surface area contributed by atoms with Crippen LogP contribution in [0.5, 0.6) is 0 Å². The molecule has 2 aliphatic heterocycles. The Balaban J connectivity index is 0.00000180. The van der Waals surface area contributed by atoms with Crippen LogP contribution in [0.2, 0.25) is 0 Å². The number of carbonyl (C=O) groups excluding carboxylic acids is 2. The van der Waals surface area contributed by atoms with Gasteiger partial charge in [-0.05, 0) is 19.4 Å². The number of hydrogen-bond acceptors (Lipinski definition) is 4. The first-order valence-corrected chi connectivity index (χ1v) is 6.64. The summed E-state index contributed by atoms with van der Waals surface area (Å²) in [7, 11) is 0. The van der Waals surface area contributed by atoms with Crippen LogP contribution in [-0.2, 0) is 14.3 Å². The first-order chi connectivity index (χ1) is 8.77. The zero-order chi connectivity index (χ0) is 12.8. The third kappa shape index (κ3) is 4.97. The highest BCUT2D eigenvalue weighted by Gasteiger charge is 2.22. The molecule has 1 unspecified atom stereocenters. The van der Waals surface area contributed by atoms with Crippen molar-refractivity contribution in [2.75, 3.05) is 39.4 Å². The molecule has 0 radical (unpaired) electrons. The fraction of sp³-hybridized carbons (Fsp3) is 0.833. The molecule has 2 fully saturated rings. The Kier molecular flexibility index (Phi) is 7.12. The van der Waals surface area contributed by atoms with Crippen molar-refractivity contribution >= 4 is 24.2 Å². The predicted molar refractivity (Wildman–Crippen MR) is 73.3 cm³/mol. The fourth-order valence-electron chi connectivity index (χ4n) is 2.30. The van der Waals surface area contributed by atoms with Crippen LogP contribution in [0, 0.1) is 0 Å². The summed E-state index contributed by atoms with van der Waals surface area (Å²) in [5, 5.41) is 5.95. The summed E-state index contributed by atoms with van der Waals surface area (Å²) in [6.07, 6.45) is 2.31. The summed E-state index contributed by atoms with van der Waals surface area (Å²) >= 11 is 0. The standard InChI is InChI=1S/C12H21N3O3.ClH/c16-11(15-6-8-18-9-7-15)3-5-14-12(17)10-2-1-4-13-10;/h10,13H,1-9H2,(H,14,17);1H. The van der Waals surface area contributed by atoms with Crippen molar-refractivity contribution in [3.05, 3.63) is 0 Å². The van der Waals surface area contributed by atoms with Crippen molar-refractivity contribution in [2.45, 2.75) is 25.3 Å². The van der Waals surface area contributed by atoms with E-state index >= 15 is 0 Å². The summed E-state index contributed by atoms with van der Waals surface area (Å²) in [6.45, 7) is 3.89. The second-order valence-corrected chi connectivity index (χ2v) is 4.68. The fourth-order valence-corrected chi connectivity index (χ4v) is 2.30. The Morgan fingerprint density at radius 2 is 2.05 bits per heavy atom. The molecule has 0 aromatic rings. The van der Waals surface area contributed by atoms with Gasteiger partial charge in [0.15, 0.2) is 0 Å². The van der Waals surface area contributed by atoms with Crippen LogP contribution >= 0.6 is 12.4 Å². The van der Waals surface area contributed by atoms with Gasteiger partial charge in [-0.15, -0.1) is 12.4 Å². The largest absolute Gasteiger partial charge is 0.378 e. The second kappa shape index (κ2) is 8.35. The van der Waals surface area contributed by atoms with Gasteiger partial charge in [0.2, 0.25) is 11.8 Å². The van der Waals surface area contributed by atoms with E-state index in [1.54, 1.807) is 4.90 Å². The van der Waals surface area contributed by atoms with Gasteiger partial charge in [-0.1, -0.05) is 0 Å². The topological polar surface area (TPSA) is 70.7 Å². The zero-order valence-corrected chi connectivity index (χ0v) is 11.8. The SMILES string of the molecule is Cl.O=C(NCCC(=O)N1CCOCC1)C1CCCN1. The van der Waals surface area contributed by atoms with E-state index in [2.05, 4.69) is 10.6 Å². The van der Waals surface area contributed by atoms with Crippen molar-refractivity contribution < 1.29 is 14.3 Å². The van der Waals surface area contributed by atoms with Crippen LogP contribution in [0.25, 0.3) is 0 Å². The molecule has 2 aliphatic rings. The van der Waals surface area contributed by atoms with Crippen LogP contribution < -0.4 is 10.6 Å². The molecular weight excluding hydrogens is 270 g/mol. The Hall–Kier alpha value is -0.850. The van der Waals surface area contributed by atoms with Crippen molar-refractivity contribution in [2.24, 2.45) is 0 Å². The summed E-state index contributed by atoms with van der Waals surface area (Å²) in [6, 6.07) is -0.0662. The van der Waals surface area contributed by atoms with Gasteiger partial charge in [-0.25, -0.2) is 0 Å². The van der Waals surface area contributed by atoms with Gasteiger partial charge in [0.1, 0.15) is 0 Å². The lowest BCUT2D eigenvalue weighted by Gasteiger charge is -2.26. The number of carbonyl (C=O) groups is 2. The predicted octanol–water partition coefficient (Wildman–Crippen LogP) is -0.475. The Labute approximate surface area is 119 Å². The minimum atomic E-state index is -0.0662. The van der Waals surface area contributed by atoms with Crippen LogP contribution in [0.15, 0.2) is 0 Å². The Bertz CT molecular complexity index is 303. The average Bonchev–Trinajstić information content (AvgIpc) is 2.93. The molecule has 2 heterocycles. The van der Waals surface area contributed by atoms with E-state index in [0.717, 1.165) is 19.4 Å². The highest BCUT2D eigenvalue weighted by Crippen LogP contribution is 2.04. The van der Waals surface area contributed by atoms with Crippen molar-refractivity contribution in [3.8, 4) is 0 Å². The lowest BCUT2D eigenvalue weighted by molar-refractivity contribution is -0.135. The molecule has 0 aromatic heterocycles. The Morgan fingerprint density at radius 1 is 1.32 bits per heavy atom. The van der Waals surface area contributed by atoms with Crippen LogP contribution in [-0.4, -0.2) is 62.1 Å². The van der Waals surface area contributed by atoms with E-state index in [9.17, 15) is 9.59 Å². The van der Waals surface area contributed by atoms with E-state index in [1.165, 1.54) is 0 Å². The second-order valence-electron chi connectivity index (χ2n) is 4.68. The van der Waals surface area contributed by atoms with Gasteiger partial charge in [0.05, 0.1) is 19.3 Å². The first kappa shape index (κ1) is 16.2. The molecule has 0 spiro atoms. The summed E-state index contributed by atoms with van der Waals surface area (Å²) < 4.78 is 5.19. The van der Waals surface area contributed by atoms with E-state index in [4.69, 9.17) is 4.74 Å². The molecule has 6 nitrogen and oxygen atoms in total. The molecule has 2 saturated heterocycles. The minimum absolute atomic E-state index is 0. The summed E-state index contributed by atoms with van der Waals surface area (Å²) in [4.78, 5) is 25.3. The van der Waals surface area contributed by atoms with Gasteiger partial charge >= 0.3 is 0 Å². The molecule has 0 aliphatic carbocycles. The molecule has 2 rings (SSSR count). The maximum Gasteiger partial charge on any atom is 0.237 e. The van der Waals surface area contributed by atoms with Crippen molar-refractivity contribution in [3.63, 3.8) is 0 Å². The number of morpholine rings is 1. The van der Waals surface area contributed by atoms with Crippen LogP contribution in [0.3, 0.4) is 0 Å². The van der Waals surface area contributed by atoms with Gasteiger partial charge in [0, 0.05) is 26.1 Å². The van der Waals surface area contributed by atoms with Gasteiger partial charge in [0.25, 0.3) is 0 Å². The highest BCUT2D eigenvalue weighted by atomic mass is 35.5. The summed E-state index contributed by atoms with van der Waals surface area (Å²) in [5.41, 5.74) is 0. The van der Waals surface area contributed by atoms with E-state index in [1.807, 2.05) is 0 Å². The maximum absolute atomic E-state index is 11.8. The molecule has 110 valence electrons. The molecule has 19 heavy (non-hydrogen) atoms. The van der Waals surface area contributed by atoms with Crippen molar-refractivity contribution in [1.82, 2.24) is 15.5 Å². The minimum Gasteiger partial charge on any atom is -0.378 e. The number of hydrogen-bond donors (Lipinski definition) is 2. The van der Waals surface area contributed by atoms with Gasteiger partial charge < -0.3 is 20.3 Å². The number of halogens is 1. The molecule has 0 saturated carbocycles. The number of ether oxygens (including phenoxy) is 1. The van der Waals surface area contributed by atoms with E-state index in [-0.39, 0.29) is 30.3 Å². The van der Waals surface area contributed by atoms with Gasteiger partial charge in [-0.3, -0.25) is 9.59 Å². The highest BCUT2D eigenvalue weighted by molar-refractivity contribution is 5.85. The molecular formula is C12H22ClN3O3. The lowest BCUT2D eigenvalue weighted by atomic mass is 10.2. The lowest BCUT2D eigenvalue weighted by Crippen LogP contribution is -2.44. The van der Waals surface area contributed by atoms with E-state index < -0.39 is 0 Å². The quantitative estimate of drug-likeness (QED) is 0.734. The average molecular weight is 292 g/mol. The number of amides is 2. The van der Waals surface area contributed by atoms with Crippen LogP contribution in [0.1, 0.15) is 19.3 Å². The van der Waals surface area contributed by atoms with Gasteiger partial charge in [-0.2, -0.15) is 0 Å². The molecule has 2 amide bonds. The van der Waals surface area contributed by atoms with Crippen LogP contribution in [0.4, 0.5) is 0 Å². The number of nitrogens with zero attached hydrogens (tertiary/aromatic N) is 1. The third-order valence-electron chi connectivity index (χ3n) is 3.38. The van der Waals surface area contributed by atoms with Crippen molar-refractivity contribution in [1.29, 1.82) is 0 Å². The molecule has 7 heteroatoms. The molecule has 1 atom stereocenters. The normalized spacial score (nSPS) is 22.7. The van der Waals surface area contributed by atoms with E-state index in [0.29, 0.717) is 39.3 Å². The first-order valence-electron chi connectivity index (χ1n) is 6.64. The Morgan fingerprint density at radius 3 is 2.68 bits per heavy atom. The number of nitrogens with one attached hydrogen (secondary N) is 2. The number of rotatable bonds is 4. The molecule has 2 N–H and O–H groups in total. The third-order valence-corrected chi connectivity index (χ3v) is 3.38. The maximum atomic E-state index is 11.8. The zero-order valence-electron chi connectivity index (χ0n) is 11.0. The molecule has 0 bridgehead atoms. The monoisotopic (exact) mass is 291 g/mol.